The molecule has 0 bridgehead atoms. The van der Waals surface area contributed by atoms with E-state index >= 15 is 0 Å². The number of halogens is 2. The van der Waals surface area contributed by atoms with Crippen molar-refractivity contribution in [1.82, 2.24) is 0 Å². The van der Waals surface area contributed by atoms with Crippen molar-refractivity contribution in [2.24, 2.45) is 11.8 Å². The third-order valence-corrected chi connectivity index (χ3v) is 5.57. The van der Waals surface area contributed by atoms with Crippen LogP contribution in [0.1, 0.15) is 38.5 Å². The average Bonchev–Trinajstić information content (AvgIpc) is 2.49. The van der Waals surface area contributed by atoms with Crippen LogP contribution in [-0.4, -0.2) is 32.9 Å². The summed E-state index contributed by atoms with van der Waals surface area (Å²) in [5.74, 6) is -0.181. The van der Waals surface area contributed by atoms with Crippen LogP contribution >= 0.6 is 23.2 Å². The molecule has 0 unspecified atom stereocenters. The lowest BCUT2D eigenvalue weighted by molar-refractivity contribution is -0.526. The minimum atomic E-state index is -0.699. The maximum Gasteiger partial charge on any atom is 0.213 e. The fraction of sp³-hybridized carbons (Fsp3) is 0.800. The lowest BCUT2D eigenvalue weighted by atomic mass is 9.78. The van der Waals surface area contributed by atoms with Gasteiger partial charge in [0.15, 0.2) is 0 Å². The fourth-order valence-corrected chi connectivity index (χ4v) is 4.33. The Labute approximate surface area is 140 Å². The second-order valence-corrected chi connectivity index (χ2v) is 7.44. The van der Waals surface area contributed by atoms with E-state index in [1.165, 1.54) is 0 Å². The van der Waals surface area contributed by atoms with Gasteiger partial charge in [0.05, 0.1) is 17.6 Å². The van der Waals surface area contributed by atoms with E-state index in [-0.39, 0.29) is 22.1 Å². The second kappa shape index (κ2) is 7.63. The quantitative estimate of drug-likeness (QED) is 0.367. The molecule has 2 aliphatic rings. The van der Waals surface area contributed by atoms with Gasteiger partial charge >= 0.3 is 0 Å². The second-order valence-electron chi connectivity index (χ2n) is 6.26. The summed E-state index contributed by atoms with van der Waals surface area (Å²) in [7, 11) is 0. The van der Waals surface area contributed by atoms with Gasteiger partial charge in [-0.3, -0.25) is 10.1 Å². The molecule has 122 valence electrons. The largest absolute Gasteiger partial charge is 0.391 e. The Bertz CT molecular complexity index is 484. The van der Waals surface area contributed by atoms with Gasteiger partial charge in [-0.05, 0) is 31.6 Å². The summed E-state index contributed by atoms with van der Waals surface area (Å²) < 4.78 is 0. The molecule has 0 radical (unpaired) electrons. The van der Waals surface area contributed by atoms with E-state index in [0.29, 0.717) is 44.1 Å². The van der Waals surface area contributed by atoms with E-state index in [1.54, 1.807) is 6.08 Å². The highest BCUT2D eigenvalue weighted by molar-refractivity contribution is 6.24. The van der Waals surface area contributed by atoms with Gasteiger partial charge in [-0.15, -0.1) is 23.2 Å². The number of alkyl halides is 2. The number of hydrogen-bond acceptors (Lipinski definition) is 4. The highest BCUT2D eigenvalue weighted by Gasteiger charge is 2.35. The van der Waals surface area contributed by atoms with Crippen LogP contribution < -0.4 is 0 Å². The molecule has 0 saturated heterocycles. The van der Waals surface area contributed by atoms with Gasteiger partial charge in [-0.25, -0.2) is 0 Å². The first-order chi connectivity index (χ1) is 10.4. The molecule has 1 N–H and O–H groups in total. The average molecular weight is 347 g/mol. The number of hydrogen-bond donors (Lipinski definition) is 1. The Balaban J connectivity index is 2.05. The molecule has 4 atom stereocenters. The molecule has 0 aromatic carbocycles. The molecule has 0 aromatic heterocycles. The molecule has 2 saturated carbocycles. The number of aliphatic hydroxyl groups is 1. The topological polar surface area (TPSA) is 87.2 Å². The molecule has 0 aliphatic heterocycles. The zero-order valence-corrected chi connectivity index (χ0v) is 13.7. The summed E-state index contributed by atoms with van der Waals surface area (Å²) in [4.78, 5) is 10.6. The smallest absolute Gasteiger partial charge is 0.213 e. The molecular formula is C15H20Cl2N2O3. The van der Waals surface area contributed by atoms with E-state index in [1.807, 2.05) is 0 Å². The first-order valence-corrected chi connectivity index (χ1v) is 8.51. The Morgan fingerprint density at radius 1 is 1.27 bits per heavy atom. The zero-order valence-electron chi connectivity index (χ0n) is 12.2. The standard InChI is InChI=1S/C15H20Cl2N2O3/c16-12-6-10(15(20)14(17)7-12)5-11(8-18)9-1-3-13(4-2-9)19(21)22/h5,9-10,12-15,20H,1-4,6-7H2/b11-5+/t9?,10-,12-,13?,14-,15+/m0/s1. The maximum atomic E-state index is 10.8. The van der Waals surface area contributed by atoms with Crippen LogP contribution in [0.15, 0.2) is 11.6 Å². The molecule has 2 rings (SSSR count). The van der Waals surface area contributed by atoms with E-state index in [0.717, 1.165) is 0 Å². The molecule has 0 spiro atoms. The normalized spacial score (nSPS) is 40.0. The zero-order chi connectivity index (χ0) is 16.3. The molecule has 0 heterocycles. The van der Waals surface area contributed by atoms with Crippen LogP contribution in [0.25, 0.3) is 0 Å². The lowest BCUT2D eigenvalue weighted by Crippen LogP contribution is -2.38. The van der Waals surface area contributed by atoms with Crippen molar-refractivity contribution in [2.75, 3.05) is 0 Å². The summed E-state index contributed by atoms with van der Waals surface area (Å²) in [6, 6.07) is 1.72. The highest BCUT2D eigenvalue weighted by atomic mass is 35.5. The minimum Gasteiger partial charge on any atom is -0.391 e. The summed E-state index contributed by atoms with van der Waals surface area (Å²) in [6.07, 6.45) is 4.54. The van der Waals surface area contributed by atoms with Crippen LogP contribution in [0.5, 0.6) is 0 Å². The SMILES string of the molecule is N#C/C(=C\[C@H]1C[C@H](Cl)C[C@H](Cl)[C@@H]1O)C1CCC([N+](=O)[O-])CC1. The summed E-state index contributed by atoms with van der Waals surface area (Å²) in [5, 5.41) is 29.9. The lowest BCUT2D eigenvalue weighted by Gasteiger charge is -2.33. The Morgan fingerprint density at radius 2 is 1.91 bits per heavy atom. The van der Waals surface area contributed by atoms with Gasteiger partial charge in [-0.2, -0.15) is 5.26 Å². The van der Waals surface area contributed by atoms with Gasteiger partial charge in [0.25, 0.3) is 0 Å². The Morgan fingerprint density at radius 3 is 2.45 bits per heavy atom. The van der Waals surface area contributed by atoms with Crippen LogP contribution in [0.4, 0.5) is 0 Å². The third-order valence-electron chi connectivity index (χ3n) is 4.78. The van der Waals surface area contributed by atoms with Crippen molar-refractivity contribution in [3.63, 3.8) is 0 Å². The van der Waals surface area contributed by atoms with Gasteiger partial charge in [0.1, 0.15) is 0 Å². The molecule has 0 amide bonds. The maximum absolute atomic E-state index is 10.8. The summed E-state index contributed by atoms with van der Waals surface area (Å²) in [6.45, 7) is 0. The third kappa shape index (κ3) is 4.13. The van der Waals surface area contributed by atoms with Crippen molar-refractivity contribution in [3.05, 3.63) is 21.8 Å². The van der Waals surface area contributed by atoms with E-state index in [9.17, 15) is 20.5 Å². The van der Waals surface area contributed by atoms with Gasteiger partial charge in [-0.1, -0.05) is 6.08 Å². The van der Waals surface area contributed by atoms with Crippen molar-refractivity contribution in [3.8, 4) is 6.07 Å². The molecule has 7 heteroatoms. The predicted molar refractivity (Wildman–Crippen MR) is 84.4 cm³/mol. The van der Waals surface area contributed by atoms with Gasteiger partial charge in [0, 0.05) is 34.6 Å². The molecule has 2 fully saturated rings. The summed E-state index contributed by atoms with van der Waals surface area (Å²) in [5.41, 5.74) is 0.612. The minimum absolute atomic E-state index is 0.0397. The fourth-order valence-electron chi connectivity index (χ4n) is 3.44. The Hall–Kier alpha value is -0.830. The van der Waals surface area contributed by atoms with Crippen LogP contribution in [0.3, 0.4) is 0 Å². The van der Waals surface area contributed by atoms with Crippen LogP contribution in [0.2, 0.25) is 0 Å². The first kappa shape index (κ1) is 17.5. The van der Waals surface area contributed by atoms with Crippen molar-refractivity contribution in [2.45, 2.75) is 61.4 Å². The number of nitrogens with zero attached hydrogens (tertiary/aromatic N) is 2. The molecule has 5 nitrogen and oxygen atoms in total. The molecular weight excluding hydrogens is 327 g/mol. The number of nitro groups is 1. The number of allylic oxidation sites excluding steroid dienone is 1. The predicted octanol–water partition coefficient (Wildman–Crippen LogP) is 3.26. The van der Waals surface area contributed by atoms with E-state index in [2.05, 4.69) is 6.07 Å². The molecule has 22 heavy (non-hydrogen) atoms. The van der Waals surface area contributed by atoms with Gasteiger partial charge < -0.3 is 5.11 Å². The summed E-state index contributed by atoms with van der Waals surface area (Å²) >= 11 is 12.3. The van der Waals surface area contributed by atoms with Crippen molar-refractivity contribution < 1.29 is 10.0 Å². The van der Waals surface area contributed by atoms with Crippen molar-refractivity contribution in [1.29, 1.82) is 5.26 Å². The van der Waals surface area contributed by atoms with Crippen LogP contribution in [-0.2, 0) is 0 Å². The number of nitriles is 1. The highest BCUT2D eigenvalue weighted by Crippen LogP contribution is 2.36. The van der Waals surface area contributed by atoms with Crippen LogP contribution in [0, 0.1) is 33.3 Å². The number of rotatable bonds is 3. The molecule has 0 aromatic rings. The van der Waals surface area contributed by atoms with Gasteiger partial charge in [0.2, 0.25) is 6.04 Å². The first-order valence-electron chi connectivity index (χ1n) is 7.63. The molecule has 2 aliphatic carbocycles. The van der Waals surface area contributed by atoms with E-state index < -0.39 is 17.5 Å². The monoisotopic (exact) mass is 346 g/mol. The van der Waals surface area contributed by atoms with E-state index in [4.69, 9.17) is 23.2 Å². The Kier molecular flexibility index (Phi) is 6.08. The van der Waals surface area contributed by atoms with Crippen molar-refractivity contribution >= 4 is 23.2 Å². The number of aliphatic hydroxyl groups excluding tert-OH is 1.